The third-order valence-electron chi connectivity index (χ3n) is 6.98. The van der Waals surface area contributed by atoms with E-state index in [1.54, 1.807) is 0 Å². The minimum Gasteiger partial charge on any atom is -0.362 e. The van der Waals surface area contributed by atoms with Gasteiger partial charge in [0, 0.05) is 35.8 Å². The number of nitrogens with zero attached hydrogens (tertiary/aromatic N) is 4. The van der Waals surface area contributed by atoms with Gasteiger partial charge in [-0.05, 0) is 44.4 Å². The van der Waals surface area contributed by atoms with Crippen molar-refractivity contribution in [2.24, 2.45) is 17.3 Å². The minimum absolute atomic E-state index is 0.0175. The van der Waals surface area contributed by atoms with E-state index in [4.69, 9.17) is 0 Å². The number of hydrogen-bond donors (Lipinski definition) is 2. The number of benzene rings is 1. The molecule has 2 N–H and O–H groups in total. The second-order valence-corrected chi connectivity index (χ2v) is 9.57. The molecule has 3 aliphatic heterocycles. The van der Waals surface area contributed by atoms with Crippen LogP contribution in [0.4, 0.5) is 0 Å². The maximum Gasteiger partial charge on any atom is 0.250 e. The number of hydrogen-bond acceptors (Lipinski definition) is 5. The van der Waals surface area contributed by atoms with E-state index in [9.17, 15) is 4.79 Å². The fourth-order valence-electron chi connectivity index (χ4n) is 5.52. The van der Waals surface area contributed by atoms with E-state index in [2.05, 4.69) is 84.0 Å². The van der Waals surface area contributed by atoms with E-state index in [0.29, 0.717) is 0 Å². The van der Waals surface area contributed by atoms with Gasteiger partial charge in [-0.15, -0.1) is 0 Å². The van der Waals surface area contributed by atoms with Crippen molar-refractivity contribution >= 4 is 5.91 Å². The quantitative estimate of drug-likeness (QED) is 0.765. The number of aromatic nitrogens is 2. The zero-order valence-corrected chi connectivity index (χ0v) is 19.4. The lowest BCUT2D eigenvalue weighted by molar-refractivity contribution is -0.120. The molecule has 7 heteroatoms. The van der Waals surface area contributed by atoms with Crippen LogP contribution in [0, 0.1) is 0 Å². The second-order valence-electron chi connectivity index (χ2n) is 9.57. The van der Waals surface area contributed by atoms with E-state index >= 15 is 0 Å². The Morgan fingerprint density at radius 3 is 2.75 bits per heavy atom. The molecule has 0 fully saturated rings. The largest absolute Gasteiger partial charge is 0.362 e. The highest BCUT2D eigenvalue weighted by atomic mass is 16.2. The van der Waals surface area contributed by atoms with Crippen LogP contribution in [0.25, 0.3) is 11.3 Å². The number of aryl methyl sites for hydroxylation is 2. The van der Waals surface area contributed by atoms with Gasteiger partial charge in [-0.25, -0.2) is 0 Å². The number of rotatable bonds is 4. The van der Waals surface area contributed by atoms with Crippen molar-refractivity contribution in [2.75, 3.05) is 0 Å². The number of fused-ring (bicyclic) bond motifs is 1. The first-order valence-electron chi connectivity index (χ1n) is 11.4. The topological polar surface area (TPSA) is 83.7 Å². The predicted molar refractivity (Wildman–Crippen MR) is 124 cm³/mol. The van der Waals surface area contributed by atoms with Crippen LogP contribution < -0.4 is 10.6 Å². The normalized spacial score (nSPS) is 25.7. The Balaban J connectivity index is 1.72. The number of azo groups is 1. The summed E-state index contributed by atoms with van der Waals surface area (Å²) >= 11 is 0. The van der Waals surface area contributed by atoms with Gasteiger partial charge in [0.15, 0.2) is 6.17 Å². The maximum absolute atomic E-state index is 13.5. The third-order valence-corrected chi connectivity index (χ3v) is 6.98. The Labute approximate surface area is 188 Å². The first-order valence-corrected chi connectivity index (χ1v) is 11.4. The lowest BCUT2D eigenvalue weighted by atomic mass is 9.62. The standard InChI is InChI=1S/C25H30N6O/c1-6-17-12-20(31(5)30-17)15-9-8-10-16(11-15)25(7-2)18-14-26-29-22(18)27-19-13-24(3,4)28-23(32)21(19)25/h8-12,14,22,27H,6-7,13H2,1-5H3,(H,28,32)/t22?,25-/m1/s1. The molecule has 1 amide bonds. The summed E-state index contributed by atoms with van der Waals surface area (Å²) in [6.07, 6.45) is 3.97. The number of nitrogens with one attached hydrogen (secondary N) is 2. The molecule has 5 rings (SSSR count). The van der Waals surface area contributed by atoms with Crippen LogP contribution in [0.5, 0.6) is 0 Å². The van der Waals surface area contributed by atoms with E-state index in [0.717, 1.165) is 58.6 Å². The lowest BCUT2D eigenvalue weighted by Gasteiger charge is -2.48. The Kier molecular flexibility index (Phi) is 4.62. The summed E-state index contributed by atoms with van der Waals surface area (Å²) in [5.74, 6) is -0.0175. The summed E-state index contributed by atoms with van der Waals surface area (Å²) in [5.41, 5.74) is 6.21. The van der Waals surface area contributed by atoms with Crippen molar-refractivity contribution < 1.29 is 4.79 Å². The highest BCUT2D eigenvalue weighted by Gasteiger charge is 2.53. The smallest absolute Gasteiger partial charge is 0.250 e. The van der Waals surface area contributed by atoms with Crippen molar-refractivity contribution in [2.45, 2.75) is 64.1 Å². The zero-order valence-electron chi connectivity index (χ0n) is 19.4. The van der Waals surface area contributed by atoms with Gasteiger partial charge in [0.05, 0.1) is 28.6 Å². The van der Waals surface area contributed by atoms with Gasteiger partial charge in [-0.1, -0.05) is 32.0 Å². The molecule has 4 heterocycles. The van der Waals surface area contributed by atoms with E-state index in [1.807, 2.05) is 17.9 Å². The van der Waals surface area contributed by atoms with Crippen LogP contribution in [0.1, 0.15) is 51.8 Å². The molecule has 2 aromatic rings. The second kappa shape index (κ2) is 7.15. The molecule has 1 aromatic heterocycles. The lowest BCUT2D eigenvalue weighted by Crippen LogP contribution is -2.58. The van der Waals surface area contributed by atoms with Crippen LogP contribution in [-0.4, -0.2) is 27.4 Å². The molecule has 166 valence electrons. The fourth-order valence-corrected chi connectivity index (χ4v) is 5.52. The molecule has 0 aliphatic carbocycles. The molecule has 0 bridgehead atoms. The van der Waals surface area contributed by atoms with Crippen molar-refractivity contribution in [3.05, 3.63) is 64.6 Å². The maximum atomic E-state index is 13.5. The Morgan fingerprint density at radius 2 is 2.03 bits per heavy atom. The molecule has 0 saturated heterocycles. The summed E-state index contributed by atoms with van der Waals surface area (Å²) < 4.78 is 1.93. The monoisotopic (exact) mass is 430 g/mol. The number of carbonyl (C=O) groups is 1. The van der Waals surface area contributed by atoms with Gasteiger partial charge < -0.3 is 10.6 Å². The van der Waals surface area contributed by atoms with Gasteiger partial charge in [0.25, 0.3) is 5.91 Å². The molecule has 3 aliphatic rings. The number of amides is 1. The highest BCUT2D eigenvalue weighted by molar-refractivity contribution is 6.00. The van der Waals surface area contributed by atoms with Crippen LogP contribution >= 0.6 is 0 Å². The first kappa shape index (κ1) is 20.7. The molecule has 0 saturated carbocycles. The van der Waals surface area contributed by atoms with Crippen LogP contribution in [0.15, 0.2) is 63.6 Å². The zero-order chi connectivity index (χ0) is 22.7. The summed E-state index contributed by atoms with van der Waals surface area (Å²) in [5, 5.41) is 20.0. The third kappa shape index (κ3) is 2.94. The minimum atomic E-state index is -0.586. The van der Waals surface area contributed by atoms with Gasteiger partial charge in [-0.2, -0.15) is 15.3 Å². The average Bonchev–Trinajstić information content (AvgIpc) is 3.37. The first-order chi connectivity index (χ1) is 15.3. The highest BCUT2D eigenvalue weighted by Crippen LogP contribution is 2.51. The summed E-state index contributed by atoms with van der Waals surface area (Å²) in [7, 11) is 1.98. The average molecular weight is 431 g/mol. The SMILES string of the molecule is CCc1cc(-c2cccc([C@]3(CC)C4=CN=NC4NC4=C3C(=O)NC(C)(C)C4)c2)n(C)n1. The molecular weight excluding hydrogens is 400 g/mol. The summed E-state index contributed by atoms with van der Waals surface area (Å²) in [4.78, 5) is 13.5. The molecular formula is C25H30N6O. The molecule has 0 spiro atoms. The fraction of sp³-hybridized carbons (Fsp3) is 0.440. The van der Waals surface area contributed by atoms with E-state index < -0.39 is 5.41 Å². The van der Waals surface area contributed by atoms with Crippen LogP contribution in [0.3, 0.4) is 0 Å². The van der Waals surface area contributed by atoms with Crippen molar-refractivity contribution in [1.82, 2.24) is 20.4 Å². The molecule has 1 aromatic carbocycles. The van der Waals surface area contributed by atoms with Gasteiger partial charge in [0.2, 0.25) is 0 Å². The molecule has 2 atom stereocenters. The Hall–Kier alpha value is -3.22. The predicted octanol–water partition coefficient (Wildman–Crippen LogP) is 4.13. The Morgan fingerprint density at radius 1 is 1.22 bits per heavy atom. The summed E-state index contributed by atoms with van der Waals surface area (Å²) in [6.45, 7) is 8.37. The van der Waals surface area contributed by atoms with Crippen molar-refractivity contribution in [3.8, 4) is 11.3 Å². The van der Waals surface area contributed by atoms with E-state index in [1.165, 1.54) is 0 Å². The van der Waals surface area contributed by atoms with Crippen LogP contribution in [0.2, 0.25) is 0 Å². The molecule has 32 heavy (non-hydrogen) atoms. The van der Waals surface area contributed by atoms with E-state index in [-0.39, 0.29) is 17.6 Å². The van der Waals surface area contributed by atoms with Gasteiger partial charge >= 0.3 is 0 Å². The molecule has 7 nitrogen and oxygen atoms in total. The number of carbonyl (C=O) groups excluding carboxylic acids is 1. The Bertz CT molecular complexity index is 1200. The van der Waals surface area contributed by atoms with Crippen molar-refractivity contribution in [3.63, 3.8) is 0 Å². The molecule has 0 radical (unpaired) electrons. The van der Waals surface area contributed by atoms with Gasteiger partial charge in [0.1, 0.15) is 0 Å². The molecule has 1 unspecified atom stereocenters. The van der Waals surface area contributed by atoms with Crippen molar-refractivity contribution in [1.29, 1.82) is 0 Å². The summed E-state index contributed by atoms with van der Waals surface area (Å²) in [6, 6.07) is 10.7. The van der Waals surface area contributed by atoms with Gasteiger partial charge in [-0.3, -0.25) is 9.48 Å². The van der Waals surface area contributed by atoms with Crippen LogP contribution in [-0.2, 0) is 23.7 Å².